The Bertz CT molecular complexity index is 812. The Morgan fingerprint density at radius 1 is 1.00 bits per heavy atom. The Hall–Kier alpha value is -2.33. The van der Waals surface area contributed by atoms with E-state index in [0.717, 1.165) is 38.9 Å². The molecule has 1 amide bonds. The van der Waals surface area contributed by atoms with Crippen LogP contribution in [-0.2, 0) is 11.2 Å². The van der Waals surface area contributed by atoms with Crippen LogP contribution in [-0.4, -0.2) is 49.1 Å². The number of nitrogens with zero attached hydrogens (tertiary/aromatic N) is 2. The summed E-state index contributed by atoms with van der Waals surface area (Å²) < 4.78 is 0. The van der Waals surface area contributed by atoms with Crippen LogP contribution in [0.3, 0.4) is 0 Å². The molecule has 4 nitrogen and oxygen atoms in total. The van der Waals surface area contributed by atoms with E-state index in [-0.39, 0.29) is 11.9 Å². The molecule has 0 unspecified atom stereocenters. The fourth-order valence-electron chi connectivity index (χ4n) is 4.69. The van der Waals surface area contributed by atoms with Gasteiger partial charge in [-0.2, -0.15) is 0 Å². The Morgan fingerprint density at radius 3 is 2.50 bits per heavy atom. The summed E-state index contributed by atoms with van der Waals surface area (Å²) >= 11 is 0. The molecule has 148 valence electrons. The van der Waals surface area contributed by atoms with Crippen molar-refractivity contribution in [2.24, 2.45) is 0 Å². The molecule has 4 heteroatoms. The molecule has 1 atom stereocenters. The topological polar surface area (TPSA) is 35.6 Å². The third kappa shape index (κ3) is 4.22. The third-order valence-corrected chi connectivity index (χ3v) is 6.39. The second-order valence-electron chi connectivity index (χ2n) is 8.32. The van der Waals surface area contributed by atoms with Crippen LogP contribution in [0.4, 0.5) is 5.69 Å². The summed E-state index contributed by atoms with van der Waals surface area (Å²) in [7, 11) is 0. The maximum absolute atomic E-state index is 12.3. The number of anilines is 1. The second-order valence-corrected chi connectivity index (χ2v) is 8.32. The Labute approximate surface area is 168 Å². The SMILES string of the molecule is Cc1cccc(N2CCC(N3CC(=O)N[C@@H](Cc4ccccc4)C3)CC2)c1C. The molecule has 2 heterocycles. The number of hydrogen-bond acceptors (Lipinski definition) is 3. The summed E-state index contributed by atoms with van der Waals surface area (Å²) in [6, 6.07) is 17.8. The fourth-order valence-corrected chi connectivity index (χ4v) is 4.69. The summed E-state index contributed by atoms with van der Waals surface area (Å²) in [6.45, 7) is 8.03. The lowest BCUT2D eigenvalue weighted by atomic mass is 9.97. The number of aryl methyl sites for hydroxylation is 1. The number of carbonyl (C=O) groups is 1. The van der Waals surface area contributed by atoms with Crippen molar-refractivity contribution >= 4 is 11.6 Å². The Morgan fingerprint density at radius 2 is 1.75 bits per heavy atom. The highest BCUT2D eigenvalue weighted by Crippen LogP contribution is 2.27. The van der Waals surface area contributed by atoms with Crippen molar-refractivity contribution in [2.45, 2.75) is 45.2 Å². The first-order valence-electron chi connectivity index (χ1n) is 10.5. The number of nitrogens with one attached hydrogen (secondary N) is 1. The molecule has 2 aromatic carbocycles. The lowest BCUT2D eigenvalue weighted by Crippen LogP contribution is -2.59. The van der Waals surface area contributed by atoms with Gasteiger partial charge in [0.1, 0.15) is 0 Å². The molecule has 28 heavy (non-hydrogen) atoms. The van der Waals surface area contributed by atoms with Gasteiger partial charge < -0.3 is 10.2 Å². The normalized spacial score (nSPS) is 21.6. The number of piperazine rings is 1. The van der Waals surface area contributed by atoms with Gasteiger partial charge in [-0.3, -0.25) is 9.69 Å². The quantitative estimate of drug-likeness (QED) is 0.888. The van der Waals surface area contributed by atoms with Gasteiger partial charge in [-0.25, -0.2) is 0 Å². The third-order valence-electron chi connectivity index (χ3n) is 6.39. The van der Waals surface area contributed by atoms with E-state index in [0.29, 0.717) is 12.6 Å². The predicted octanol–water partition coefficient (Wildman–Crippen LogP) is 3.32. The fraction of sp³-hybridized carbons (Fsp3) is 0.458. The number of carbonyl (C=O) groups excluding carboxylic acids is 1. The molecule has 0 bridgehead atoms. The molecule has 2 aliphatic heterocycles. The van der Waals surface area contributed by atoms with Crippen LogP contribution < -0.4 is 10.2 Å². The number of amides is 1. The molecule has 0 aliphatic carbocycles. The molecule has 0 saturated carbocycles. The predicted molar refractivity (Wildman–Crippen MR) is 115 cm³/mol. The van der Waals surface area contributed by atoms with Gasteiger partial charge in [0, 0.05) is 37.4 Å². The van der Waals surface area contributed by atoms with E-state index in [1.807, 2.05) is 6.07 Å². The van der Waals surface area contributed by atoms with Crippen LogP contribution in [0, 0.1) is 13.8 Å². The zero-order valence-electron chi connectivity index (χ0n) is 17.0. The molecule has 2 aliphatic rings. The van der Waals surface area contributed by atoms with Crippen LogP contribution in [0.25, 0.3) is 0 Å². The van der Waals surface area contributed by atoms with E-state index < -0.39 is 0 Å². The first-order chi connectivity index (χ1) is 13.6. The summed E-state index contributed by atoms with van der Waals surface area (Å²) in [5.41, 5.74) is 5.41. The highest BCUT2D eigenvalue weighted by atomic mass is 16.2. The summed E-state index contributed by atoms with van der Waals surface area (Å²) in [6.07, 6.45) is 3.15. The Kier molecular flexibility index (Phi) is 5.67. The van der Waals surface area contributed by atoms with Crippen molar-refractivity contribution in [1.29, 1.82) is 0 Å². The van der Waals surface area contributed by atoms with Crippen LogP contribution in [0.5, 0.6) is 0 Å². The van der Waals surface area contributed by atoms with Crippen molar-refractivity contribution in [3.63, 3.8) is 0 Å². The average molecular weight is 378 g/mol. The highest BCUT2D eigenvalue weighted by Gasteiger charge is 2.32. The lowest BCUT2D eigenvalue weighted by Gasteiger charge is -2.43. The van der Waals surface area contributed by atoms with Crippen LogP contribution in [0.15, 0.2) is 48.5 Å². The smallest absolute Gasteiger partial charge is 0.234 e. The molecule has 2 fully saturated rings. The molecular formula is C24H31N3O. The molecule has 4 rings (SSSR count). The van der Waals surface area contributed by atoms with E-state index in [2.05, 4.69) is 71.4 Å². The van der Waals surface area contributed by atoms with Gasteiger partial charge in [0.25, 0.3) is 0 Å². The molecule has 0 spiro atoms. The lowest BCUT2D eigenvalue weighted by molar-refractivity contribution is -0.126. The molecule has 2 saturated heterocycles. The monoisotopic (exact) mass is 377 g/mol. The van der Waals surface area contributed by atoms with Crippen molar-refractivity contribution in [1.82, 2.24) is 10.2 Å². The number of hydrogen-bond donors (Lipinski definition) is 1. The standard InChI is InChI=1S/C24H31N3O/c1-18-7-6-10-23(19(18)2)26-13-11-22(12-14-26)27-16-21(25-24(28)17-27)15-20-8-4-3-5-9-20/h3-10,21-22H,11-17H2,1-2H3,(H,25,28)/t21-/m0/s1. The van der Waals surface area contributed by atoms with Gasteiger partial charge >= 0.3 is 0 Å². The van der Waals surface area contributed by atoms with E-state index in [4.69, 9.17) is 0 Å². The summed E-state index contributed by atoms with van der Waals surface area (Å²) in [5, 5.41) is 3.19. The van der Waals surface area contributed by atoms with Gasteiger partial charge in [0.15, 0.2) is 0 Å². The van der Waals surface area contributed by atoms with E-state index in [1.54, 1.807) is 0 Å². The van der Waals surface area contributed by atoms with Crippen molar-refractivity contribution in [3.05, 3.63) is 65.2 Å². The maximum atomic E-state index is 12.3. The summed E-state index contributed by atoms with van der Waals surface area (Å²) in [4.78, 5) is 17.3. The average Bonchev–Trinajstić information content (AvgIpc) is 2.71. The van der Waals surface area contributed by atoms with Crippen LogP contribution in [0.1, 0.15) is 29.5 Å². The van der Waals surface area contributed by atoms with Gasteiger partial charge in [-0.05, 0) is 55.9 Å². The van der Waals surface area contributed by atoms with Crippen LogP contribution >= 0.6 is 0 Å². The van der Waals surface area contributed by atoms with E-state index in [1.165, 1.54) is 22.4 Å². The van der Waals surface area contributed by atoms with Crippen molar-refractivity contribution < 1.29 is 4.79 Å². The van der Waals surface area contributed by atoms with Gasteiger partial charge in [-0.15, -0.1) is 0 Å². The largest absolute Gasteiger partial charge is 0.371 e. The molecule has 0 radical (unpaired) electrons. The molecule has 1 N–H and O–H groups in total. The minimum Gasteiger partial charge on any atom is -0.371 e. The minimum absolute atomic E-state index is 0.170. The summed E-state index contributed by atoms with van der Waals surface area (Å²) in [5.74, 6) is 0.170. The van der Waals surface area contributed by atoms with Crippen molar-refractivity contribution in [3.8, 4) is 0 Å². The first kappa shape index (κ1) is 19.0. The Balaban J connectivity index is 1.37. The van der Waals surface area contributed by atoms with E-state index >= 15 is 0 Å². The van der Waals surface area contributed by atoms with Gasteiger partial charge in [-0.1, -0.05) is 42.5 Å². The highest BCUT2D eigenvalue weighted by molar-refractivity contribution is 5.79. The molecular weight excluding hydrogens is 346 g/mol. The molecule has 0 aromatic heterocycles. The molecule has 2 aromatic rings. The van der Waals surface area contributed by atoms with Gasteiger partial charge in [0.2, 0.25) is 5.91 Å². The number of benzene rings is 2. The second kappa shape index (κ2) is 8.36. The van der Waals surface area contributed by atoms with Gasteiger partial charge in [0.05, 0.1) is 6.54 Å². The minimum atomic E-state index is 0.170. The zero-order chi connectivity index (χ0) is 19.5. The maximum Gasteiger partial charge on any atom is 0.234 e. The van der Waals surface area contributed by atoms with Crippen LogP contribution in [0.2, 0.25) is 0 Å². The zero-order valence-corrected chi connectivity index (χ0v) is 17.0. The number of piperidine rings is 1. The van der Waals surface area contributed by atoms with Crippen molar-refractivity contribution in [2.75, 3.05) is 31.1 Å². The van der Waals surface area contributed by atoms with E-state index in [9.17, 15) is 4.79 Å². The first-order valence-corrected chi connectivity index (χ1v) is 10.5. The number of rotatable bonds is 4.